The third kappa shape index (κ3) is 3.89. The Hall–Kier alpha value is -2.75. The Kier molecular flexibility index (Phi) is 5.17. The van der Waals surface area contributed by atoms with Crippen LogP contribution in [0.3, 0.4) is 0 Å². The Labute approximate surface area is 108 Å². The van der Waals surface area contributed by atoms with Crippen LogP contribution in [0.2, 0.25) is 0 Å². The minimum absolute atomic E-state index is 0.0380. The van der Waals surface area contributed by atoms with Crippen molar-refractivity contribution in [2.24, 2.45) is 10.2 Å². The average Bonchev–Trinajstić information content (AvgIpc) is 2.41. The molecule has 1 rings (SSSR count). The summed E-state index contributed by atoms with van der Waals surface area (Å²) in [5, 5.41) is 24.6. The molecule has 98 valence electrons. The lowest BCUT2D eigenvalue weighted by Crippen LogP contribution is -2.08. The molecule has 0 aliphatic carbocycles. The first kappa shape index (κ1) is 14.3. The summed E-state index contributed by atoms with van der Waals surface area (Å²) in [6.45, 7) is 1.59. The van der Waals surface area contributed by atoms with E-state index in [1.54, 1.807) is 6.92 Å². The molecule has 6 nitrogen and oxygen atoms in total. The lowest BCUT2D eigenvalue weighted by atomic mass is 10.3. The fourth-order valence-corrected chi connectivity index (χ4v) is 1.07. The van der Waals surface area contributed by atoms with Crippen LogP contribution in [0.15, 0.2) is 46.0 Å². The highest BCUT2D eigenvalue weighted by molar-refractivity contribution is 5.89. The van der Waals surface area contributed by atoms with E-state index < -0.39 is 23.2 Å². The number of aliphatic hydroxyl groups is 1. The van der Waals surface area contributed by atoms with Gasteiger partial charge >= 0.3 is 5.97 Å². The van der Waals surface area contributed by atoms with E-state index in [2.05, 4.69) is 15.0 Å². The van der Waals surface area contributed by atoms with Gasteiger partial charge in [0.05, 0.1) is 6.61 Å². The molecule has 0 radical (unpaired) electrons. The van der Waals surface area contributed by atoms with E-state index in [0.717, 1.165) is 6.07 Å². The number of benzene rings is 1. The van der Waals surface area contributed by atoms with Gasteiger partial charge in [-0.2, -0.15) is 5.26 Å². The van der Waals surface area contributed by atoms with Crippen LogP contribution < -0.4 is 0 Å². The number of nitriles is 1. The van der Waals surface area contributed by atoms with E-state index >= 15 is 0 Å². The number of carbonyl (C=O) groups is 1. The Morgan fingerprint density at radius 1 is 1.53 bits per heavy atom. The van der Waals surface area contributed by atoms with E-state index in [1.807, 2.05) is 0 Å². The summed E-state index contributed by atoms with van der Waals surface area (Å²) in [6.07, 6.45) is 0. The molecule has 0 unspecified atom stereocenters. The molecule has 0 amide bonds. The Bertz CT molecular complexity index is 576. The first-order valence-corrected chi connectivity index (χ1v) is 5.26. The summed E-state index contributed by atoms with van der Waals surface area (Å²) in [4.78, 5) is 11.4. The zero-order chi connectivity index (χ0) is 14.3. The van der Waals surface area contributed by atoms with Gasteiger partial charge in [-0.3, -0.25) is 0 Å². The number of esters is 1. The smallest absolute Gasteiger partial charge is 0.363 e. The van der Waals surface area contributed by atoms with Crippen LogP contribution in [0, 0.1) is 17.1 Å². The second kappa shape index (κ2) is 6.86. The van der Waals surface area contributed by atoms with Gasteiger partial charge in [0.2, 0.25) is 11.5 Å². The van der Waals surface area contributed by atoms with E-state index in [-0.39, 0.29) is 12.3 Å². The van der Waals surface area contributed by atoms with Crippen molar-refractivity contribution in [1.82, 2.24) is 0 Å². The minimum atomic E-state index is -1.01. The number of halogens is 1. The highest BCUT2D eigenvalue weighted by atomic mass is 19.1. The molecule has 0 spiro atoms. The van der Waals surface area contributed by atoms with E-state index in [0.29, 0.717) is 0 Å². The molecule has 0 saturated carbocycles. The van der Waals surface area contributed by atoms with Crippen molar-refractivity contribution in [3.05, 3.63) is 41.5 Å². The molecule has 0 aliphatic heterocycles. The van der Waals surface area contributed by atoms with Crippen LogP contribution in [0.1, 0.15) is 6.92 Å². The molecule has 1 aromatic rings. The van der Waals surface area contributed by atoms with Crippen LogP contribution in [-0.2, 0) is 9.53 Å². The molecule has 0 bridgehead atoms. The normalized spacial score (nSPS) is 11.8. The molecule has 0 aliphatic rings. The van der Waals surface area contributed by atoms with Gasteiger partial charge in [-0.25, -0.2) is 9.18 Å². The molecule has 0 aromatic heterocycles. The van der Waals surface area contributed by atoms with Crippen molar-refractivity contribution in [2.75, 3.05) is 6.61 Å². The van der Waals surface area contributed by atoms with Crippen LogP contribution in [0.25, 0.3) is 0 Å². The monoisotopic (exact) mass is 263 g/mol. The summed E-state index contributed by atoms with van der Waals surface area (Å²) in [5.74, 6) is -2.61. The number of nitrogens with zero attached hydrogens (tertiary/aromatic N) is 3. The Morgan fingerprint density at radius 2 is 2.21 bits per heavy atom. The van der Waals surface area contributed by atoms with Crippen molar-refractivity contribution < 1.29 is 19.0 Å². The topological polar surface area (TPSA) is 95.0 Å². The fraction of sp³-hybridized carbons (Fsp3) is 0.167. The highest BCUT2D eigenvalue weighted by Gasteiger charge is 2.16. The number of azo groups is 1. The van der Waals surface area contributed by atoms with Crippen molar-refractivity contribution in [3.63, 3.8) is 0 Å². The first-order chi connectivity index (χ1) is 9.10. The molecular weight excluding hydrogens is 253 g/mol. The predicted molar refractivity (Wildman–Crippen MR) is 62.8 cm³/mol. The molecule has 7 heteroatoms. The first-order valence-electron chi connectivity index (χ1n) is 5.26. The second-order valence-electron chi connectivity index (χ2n) is 3.18. The largest absolute Gasteiger partial charge is 0.498 e. The highest BCUT2D eigenvalue weighted by Crippen LogP contribution is 2.18. The Morgan fingerprint density at radius 3 is 2.79 bits per heavy atom. The lowest BCUT2D eigenvalue weighted by Gasteiger charge is -2.01. The number of aliphatic hydroxyl groups excluding tert-OH is 1. The number of carbonyl (C=O) groups excluding carboxylic acids is 1. The van der Waals surface area contributed by atoms with Crippen LogP contribution in [0.4, 0.5) is 10.1 Å². The summed E-state index contributed by atoms with van der Waals surface area (Å²) >= 11 is 0. The van der Waals surface area contributed by atoms with Gasteiger partial charge in [-0.05, 0) is 19.1 Å². The summed E-state index contributed by atoms with van der Waals surface area (Å²) in [6, 6.07) is 6.81. The van der Waals surface area contributed by atoms with Crippen molar-refractivity contribution >= 4 is 11.7 Å². The van der Waals surface area contributed by atoms with E-state index in [9.17, 15) is 14.3 Å². The third-order valence-corrected chi connectivity index (χ3v) is 1.91. The SMILES string of the molecule is CCOC(=O)/C(N=Nc1ccccc1F)=C(/O)C#N. The quantitative estimate of drug-likeness (QED) is 0.225. The van der Waals surface area contributed by atoms with Gasteiger partial charge in [-0.1, -0.05) is 12.1 Å². The average molecular weight is 263 g/mol. The van der Waals surface area contributed by atoms with Crippen LogP contribution in [0.5, 0.6) is 0 Å². The van der Waals surface area contributed by atoms with Gasteiger partial charge in [0.1, 0.15) is 11.8 Å². The van der Waals surface area contributed by atoms with Gasteiger partial charge in [0.15, 0.2) is 5.82 Å². The van der Waals surface area contributed by atoms with Crippen LogP contribution in [-0.4, -0.2) is 17.7 Å². The predicted octanol–water partition coefficient (Wildman–Crippen LogP) is 2.77. The molecular formula is C12H10FN3O3. The standard InChI is InChI=1S/C12H10FN3O3/c1-2-19-12(18)11(10(17)7-14)16-15-9-6-4-3-5-8(9)13/h3-6,17H,2H2,1H3/b11-10-,16-15?. The fourth-order valence-electron chi connectivity index (χ4n) is 1.07. The molecule has 0 saturated heterocycles. The number of hydrogen-bond donors (Lipinski definition) is 1. The minimum Gasteiger partial charge on any atom is -0.498 e. The van der Waals surface area contributed by atoms with Crippen molar-refractivity contribution in [2.45, 2.75) is 6.92 Å². The molecule has 1 N–H and O–H groups in total. The molecule has 19 heavy (non-hydrogen) atoms. The van der Waals surface area contributed by atoms with Gasteiger partial charge < -0.3 is 9.84 Å². The van der Waals surface area contributed by atoms with Crippen LogP contribution >= 0.6 is 0 Å². The van der Waals surface area contributed by atoms with Crippen molar-refractivity contribution in [1.29, 1.82) is 5.26 Å². The van der Waals surface area contributed by atoms with E-state index in [1.165, 1.54) is 24.3 Å². The molecule has 0 fully saturated rings. The summed E-state index contributed by atoms with van der Waals surface area (Å²) in [7, 11) is 0. The van der Waals surface area contributed by atoms with Crippen molar-refractivity contribution in [3.8, 4) is 6.07 Å². The third-order valence-electron chi connectivity index (χ3n) is 1.91. The summed E-state index contributed by atoms with van der Waals surface area (Å²) in [5.41, 5.74) is -0.803. The maximum absolute atomic E-state index is 13.3. The zero-order valence-corrected chi connectivity index (χ0v) is 10.00. The molecule has 0 heterocycles. The molecule has 1 aromatic carbocycles. The zero-order valence-electron chi connectivity index (χ0n) is 10.00. The molecule has 0 atom stereocenters. The Balaban J connectivity index is 3.07. The number of hydrogen-bond acceptors (Lipinski definition) is 6. The lowest BCUT2D eigenvalue weighted by molar-refractivity contribution is -0.138. The number of allylic oxidation sites excluding steroid dienone is 1. The maximum Gasteiger partial charge on any atom is 0.363 e. The maximum atomic E-state index is 13.3. The van der Waals surface area contributed by atoms with Gasteiger partial charge in [0.25, 0.3) is 0 Å². The van der Waals surface area contributed by atoms with Gasteiger partial charge in [0, 0.05) is 0 Å². The number of rotatable bonds is 4. The van der Waals surface area contributed by atoms with Gasteiger partial charge in [-0.15, -0.1) is 10.2 Å². The number of ether oxygens (including phenoxy) is 1. The van der Waals surface area contributed by atoms with E-state index in [4.69, 9.17) is 5.26 Å². The second-order valence-corrected chi connectivity index (χ2v) is 3.18. The summed E-state index contributed by atoms with van der Waals surface area (Å²) < 4.78 is 17.8.